The molecule has 1 fully saturated rings. The van der Waals surface area contributed by atoms with Crippen LogP contribution < -0.4 is 20.1 Å². The van der Waals surface area contributed by atoms with Crippen molar-refractivity contribution < 1.29 is 19.4 Å². The van der Waals surface area contributed by atoms with Gasteiger partial charge >= 0.3 is 0 Å². The lowest BCUT2D eigenvalue weighted by molar-refractivity contribution is -0.119. The lowest BCUT2D eigenvalue weighted by Gasteiger charge is -2.27. The molecule has 1 aromatic rings. The van der Waals surface area contributed by atoms with Crippen molar-refractivity contribution in [2.24, 2.45) is 5.73 Å². The van der Waals surface area contributed by atoms with Gasteiger partial charge in [0.15, 0.2) is 0 Å². The Morgan fingerprint density at radius 2 is 2.05 bits per heavy atom. The third-order valence-electron chi connectivity index (χ3n) is 4.30. The first-order valence-electron chi connectivity index (χ1n) is 7.69. The second-order valence-corrected chi connectivity index (χ2v) is 5.99. The second-order valence-electron chi connectivity index (χ2n) is 5.99. The minimum Gasteiger partial charge on any atom is -0.490 e. The number of likely N-dealkylation sites (N-methyl/N-ethyl adjacent to an activating group) is 1. The zero-order chi connectivity index (χ0) is 15.7. The quantitative estimate of drug-likeness (QED) is 0.853. The molecule has 1 aliphatic carbocycles. The highest BCUT2D eigenvalue weighted by Gasteiger charge is 2.27. The second kappa shape index (κ2) is 6.14. The third-order valence-corrected chi connectivity index (χ3v) is 4.30. The number of hydrogen-bond donors (Lipinski definition) is 2. The van der Waals surface area contributed by atoms with Crippen LogP contribution in [0, 0.1) is 0 Å². The first-order valence-corrected chi connectivity index (χ1v) is 7.69. The molecule has 3 rings (SSSR count). The molecular formula is C16H22N2O4. The first-order chi connectivity index (χ1) is 10.5. The van der Waals surface area contributed by atoms with Crippen molar-refractivity contribution in [2.75, 3.05) is 18.6 Å². The Hall–Kier alpha value is -1.79. The third kappa shape index (κ3) is 3.03. The highest BCUT2D eigenvalue weighted by Crippen LogP contribution is 2.35. The van der Waals surface area contributed by atoms with Gasteiger partial charge in [0.2, 0.25) is 5.91 Å². The number of anilines is 1. The number of rotatable bonds is 2. The highest BCUT2D eigenvalue weighted by molar-refractivity contribution is 5.98. The summed E-state index contributed by atoms with van der Waals surface area (Å²) in [4.78, 5) is 13.6. The van der Waals surface area contributed by atoms with Gasteiger partial charge in [-0.1, -0.05) is 0 Å². The lowest BCUT2D eigenvalue weighted by Crippen LogP contribution is -2.43. The molecule has 1 aliphatic heterocycles. The van der Waals surface area contributed by atoms with Gasteiger partial charge in [-0.2, -0.15) is 0 Å². The lowest BCUT2D eigenvalue weighted by atomic mass is 9.95. The molecule has 1 saturated carbocycles. The van der Waals surface area contributed by atoms with E-state index in [1.165, 1.54) is 4.90 Å². The minimum absolute atomic E-state index is 0.108. The van der Waals surface area contributed by atoms with Gasteiger partial charge in [0.1, 0.15) is 24.1 Å². The number of amides is 1. The maximum Gasteiger partial charge on any atom is 0.247 e. The van der Waals surface area contributed by atoms with Gasteiger partial charge in [-0.15, -0.1) is 0 Å². The number of ether oxygens (including phenoxy) is 2. The number of benzene rings is 1. The molecule has 3 N–H and O–H groups in total. The molecule has 0 bridgehead atoms. The summed E-state index contributed by atoms with van der Waals surface area (Å²) >= 11 is 0. The molecule has 1 atom stereocenters. The largest absolute Gasteiger partial charge is 0.490 e. The van der Waals surface area contributed by atoms with Crippen molar-refractivity contribution in [3.63, 3.8) is 0 Å². The molecule has 2 aliphatic rings. The van der Waals surface area contributed by atoms with E-state index in [-0.39, 0.29) is 24.7 Å². The van der Waals surface area contributed by atoms with Crippen molar-refractivity contribution in [1.29, 1.82) is 0 Å². The molecule has 0 unspecified atom stereocenters. The maximum atomic E-state index is 12.1. The van der Waals surface area contributed by atoms with Gasteiger partial charge in [-0.3, -0.25) is 4.79 Å². The topological polar surface area (TPSA) is 85.0 Å². The molecule has 0 radical (unpaired) electrons. The maximum absolute atomic E-state index is 12.1. The average Bonchev–Trinajstić information content (AvgIpc) is 2.63. The Labute approximate surface area is 129 Å². The van der Waals surface area contributed by atoms with E-state index in [2.05, 4.69) is 0 Å². The molecule has 6 nitrogen and oxygen atoms in total. The molecule has 0 saturated heterocycles. The molecule has 6 heteroatoms. The Bertz CT molecular complexity index is 555. The number of nitrogens with two attached hydrogens (primary N) is 1. The van der Waals surface area contributed by atoms with Crippen LogP contribution in [0.15, 0.2) is 18.2 Å². The Morgan fingerprint density at radius 3 is 2.77 bits per heavy atom. The van der Waals surface area contributed by atoms with Crippen LogP contribution in [0.2, 0.25) is 0 Å². The van der Waals surface area contributed by atoms with Crippen LogP contribution in [0.1, 0.15) is 25.7 Å². The van der Waals surface area contributed by atoms with E-state index in [0.717, 1.165) is 25.7 Å². The van der Waals surface area contributed by atoms with Crippen molar-refractivity contribution in [3.05, 3.63) is 18.2 Å². The molecular weight excluding hydrogens is 284 g/mol. The molecule has 22 heavy (non-hydrogen) atoms. The zero-order valence-corrected chi connectivity index (χ0v) is 12.7. The smallest absolute Gasteiger partial charge is 0.247 e. The number of hydrogen-bond acceptors (Lipinski definition) is 5. The van der Waals surface area contributed by atoms with Crippen LogP contribution >= 0.6 is 0 Å². The van der Waals surface area contributed by atoms with Crippen LogP contribution in [0.25, 0.3) is 0 Å². The van der Waals surface area contributed by atoms with Crippen molar-refractivity contribution in [2.45, 2.75) is 43.9 Å². The van der Waals surface area contributed by atoms with Crippen LogP contribution in [-0.4, -0.2) is 42.9 Å². The standard InChI is InChI=1S/C16H22N2O4/c1-18-14-8-12(22-11-4-2-10(19)3-5-11)6-7-15(14)21-9-13(17)16(18)20/h6-8,10-11,13,19H,2-5,9,17H2,1H3/t10?,11?,13-/m0/s1. The van der Waals surface area contributed by atoms with Gasteiger partial charge in [0.05, 0.1) is 17.9 Å². The molecule has 0 aromatic heterocycles. The number of carbonyl (C=O) groups is 1. The fourth-order valence-electron chi connectivity index (χ4n) is 2.93. The van der Waals surface area contributed by atoms with Crippen LogP contribution in [-0.2, 0) is 4.79 Å². The van der Waals surface area contributed by atoms with E-state index < -0.39 is 6.04 Å². The van der Waals surface area contributed by atoms with Crippen LogP contribution in [0.4, 0.5) is 5.69 Å². The summed E-state index contributed by atoms with van der Waals surface area (Å²) in [5.74, 6) is 1.17. The van der Waals surface area contributed by atoms with E-state index in [4.69, 9.17) is 15.2 Å². The van der Waals surface area contributed by atoms with E-state index >= 15 is 0 Å². The van der Waals surface area contributed by atoms with Crippen molar-refractivity contribution in [1.82, 2.24) is 0 Å². The molecule has 1 heterocycles. The van der Waals surface area contributed by atoms with Gasteiger partial charge in [-0.25, -0.2) is 0 Å². The predicted molar refractivity (Wildman–Crippen MR) is 82.2 cm³/mol. The number of aliphatic hydroxyl groups is 1. The number of aliphatic hydroxyl groups excluding tert-OH is 1. The van der Waals surface area contributed by atoms with E-state index in [1.54, 1.807) is 7.05 Å². The monoisotopic (exact) mass is 306 g/mol. The van der Waals surface area contributed by atoms with Crippen LogP contribution in [0.5, 0.6) is 11.5 Å². The summed E-state index contributed by atoms with van der Waals surface area (Å²) < 4.78 is 11.6. The summed E-state index contributed by atoms with van der Waals surface area (Å²) in [5, 5.41) is 9.54. The minimum atomic E-state index is -0.651. The SMILES string of the molecule is CN1C(=O)[C@@H](N)COc2ccc(OC3CCC(O)CC3)cc21. The summed E-state index contributed by atoms with van der Waals surface area (Å²) in [6, 6.07) is 4.82. The number of fused-ring (bicyclic) bond motifs is 1. The van der Waals surface area contributed by atoms with E-state index in [0.29, 0.717) is 17.2 Å². The molecule has 0 spiro atoms. The van der Waals surface area contributed by atoms with E-state index in [9.17, 15) is 9.90 Å². The predicted octanol–water partition coefficient (Wildman–Crippen LogP) is 1.05. The number of carbonyl (C=O) groups excluding carboxylic acids is 1. The summed E-state index contributed by atoms with van der Waals surface area (Å²) in [6.07, 6.45) is 3.13. The van der Waals surface area contributed by atoms with Crippen molar-refractivity contribution >= 4 is 11.6 Å². The van der Waals surface area contributed by atoms with Gasteiger partial charge in [0, 0.05) is 13.1 Å². The van der Waals surface area contributed by atoms with E-state index in [1.807, 2.05) is 18.2 Å². The summed E-state index contributed by atoms with van der Waals surface area (Å²) in [5.41, 5.74) is 6.45. The highest BCUT2D eigenvalue weighted by atomic mass is 16.5. The summed E-state index contributed by atoms with van der Waals surface area (Å²) in [6.45, 7) is 0.177. The average molecular weight is 306 g/mol. The fourth-order valence-corrected chi connectivity index (χ4v) is 2.93. The summed E-state index contributed by atoms with van der Waals surface area (Å²) in [7, 11) is 1.69. The molecule has 1 amide bonds. The zero-order valence-electron chi connectivity index (χ0n) is 12.7. The Kier molecular flexibility index (Phi) is 4.22. The Morgan fingerprint density at radius 1 is 1.32 bits per heavy atom. The molecule has 120 valence electrons. The van der Waals surface area contributed by atoms with Gasteiger partial charge < -0.3 is 25.2 Å². The first kappa shape index (κ1) is 15.1. The fraction of sp³-hybridized carbons (Fsp3) is 0.562. The molecule has 1 aromatic carbocycles. The van der Waals surface area contributed by atoms with Gasteiger partial charge in [-0.05, 0) is 37.8 Å². The van der Waals surface area contributed by atoms with Gasteiger partial charge in [0.25, 0.3) is 0 Å². The van der Waals surface area contributed by atoms with Crippen LogP contribution in [0.3, 0.4) is 0 Å². The Balaban J connectivity index is 1.77. The number of nitrogens with zero attached hydrogens (tertiary/aromatic N) is 1. The normalized spacial score (nSPS) is 28.6. The van der Waals surface area contributed by atoms with Crippen molar-refractivity contribution in [3.8, 4) is 11.5 Å².